The molecular formula is C17H24N2O3. The van der Waals surface area contributed by atoms with E-state index in [1.165, 1.54) is 12.8 Å². The van der Waals surface area contributed by atoms with Crippen molar-refractivity contribution < 1.29 is 13.9 Å². The zero-order valence-corrected chi connectivity index (χ0v) is 13.2. The zero-order valence-electron chi connectivity index (χ0n) is 13.2. The van der Waals surface area contributed by atoms with E-state index in [1.54, 1.807) is 12.2 Å². The molecule has 5 nitrogen and oxygen atoms in total. The van der Waals surface area contributed by atoms with Crippen LogP contribution in [0.2, 0.25) is 0 Å². The Morgan fingerprint density at radius 3 is 2.77 bits per heavy atom. The van der Waals surface area contributed by atoms with Gasteiger partial charge in [-0.15, -0.1) is 0 Å². The SMILES string of the molecule is Cc1ccc(/C=C/C(=O)N2CCN(CC3CCCO3)CC2)o1. The summed E-state index contributed by atoms with van der Waals surface area (Å²) < 4.78 is 11.1. The van der Waals surface area contributed by atoms with Crippen molar-refractivity contribution in [2.75, 3.05) is 39.3 Å². The number of furan rings is 1. The van der Waals surface area contributed by atoms with Crippen molar-refractivity contribution in [1.82, 2.24) is 9.80 Å². The maximum absolute atomic E-state index is 12.2. The maximum atomic E-state index is 12.2. The molecule has 5 heteroatoms. The molecule has 0 spiro atoms. The van der Waals surface area contributed by atoms with E-state index in [9.17, 15) is 4.79 Å². The van der Waals surface area contributed by atoms with Crippen molar-refractivity contribution >= 4 is 12.0 Å². The van der Waals surface area contributed by atoms with Gasteiger partial charge in [0, 0.05) is 45.4 Å². The number of aryl methyl sites for hydroxylation is 1. The van der Waals surface area contributed by atoms with Gasteiger partial charge < -0.3 is 14.1 Å². The summed E-state index contributed by atoms with van der Waals surface area (Å²) in [7, 11) is 0. The van der Waals surface area contributed by atoms with Crippen LogP contribution in [0.3, 0.4) is 0 Å². The van der Waals surface area contributed by atoms with Gasteiger partial charge in [-0.3, -0.25) is 9.69 Å². The highest BCUT2D eigenvalue weighted by atomic mass is 16.5. The molecule has 0 N–H and O–H groups in total. The molecule has 3 rings (SSSR count). The van der Waals surface area contributed by atoms with Crippen molar-refractivity contribution in [2.24, 2.45) is 0 Å². The van der Waals surface area contributed by atoms with E-state index in [-0.39, 0.29) is 5.91 Å². The average molecular weight is 304 g/mol. The number of carbonyl (C=O) groups is 1. The number of rotatable bonds is 4. The first kappa shape index (κ1) is 15.3. The van der Waals surface area contributed by atoms with Crippen molar-refractivity contribution in [3.63, 3.8) is 0 Å². The van der Waals surface area contributed by atoms with Crippen LogP contribution in [0.5, 0.6) is 0 Å². The van der Waals surface area contributed by atoms with Crippen molar-refractivity contribution in [3.05, 3.63) is 29.7 Å². The minimum atomic E-state index is 0.0609. The third-order valence-corrected chi connectivity index (χ3v) is 4.32. The molecule has 0 saturated carbocycles. The second-order valence-electron chi connectivity index (χ2n) is 6.04. The standard InChI is InChI=1S/C17H24N2O3/c1-14-4-5-15(22-14)6-7-17(20)19-10-8-18(9-11-19)13-16-3-2-12-21-16/h4-7,16H,2-3,8-13H2,1H3/b7-6+. The van der Waals surface area contributed by atoms with E-state index in [0.717, 1.165) is 50.9 Å². The molecule has 1 atom stereocenters. The van der Waals surface area contributed by atoms with Crippen molar-refractivity contribution in [2.45, 2.75) is 25.9 Å². The van der Waals surface area contributed by atoms with E-state index >= 15 is 0 Å². The quantitative estimate of drug-likeness (QED) is 0.797. The number of piperazine rings is 1. The molecule has 0 aliphatic carbocycles. The van der Waals surface area contributed by atoms with Crippen LogP contribution >= 0.6 is 0 Å². The number of carbonyl (C=O) groups excluding carboxylic acids is 1. The maximum Gasteiger partial charge on any atom is 0.246 e. The fourth-order valence-electron chi connectivity index (χ4n) is 3.03. The highest BCUT2D eigenvalue weighted by Gasteiger charge is 2.24. The van der Waals surface area contributed by atoms with Crippen LogP contribution < -0.4 is 0 Å². The van der Waals surface area contributed by atoms with Gasteiger partial charge in [0.25, 0.3) is 0 Å². The summed E-state index contributed by atoms with van der Waals surface area (Å²) in [5.41, 5.74) is 0. The summed E-state index contributed by atoms with van der Waals surface area (Å²) in [5, 5.41) is 0. The number of nitrogens with zero attached hydrogens (tertiary/aromatic N) is 2. The van der Waals surface area contributed by atoms with Crippen molar-refractivity contribution in [1.29, 1.82) is 0 Å². The van der Waals surface area contributed by atoms with E-state index in [2.05, 4.69) is 4.90 Å². The lowest BCUT2D eigenvalue weighted by atomic mass is 10.2. The molecular weight excluding hydrogens is 280 g/mol. The molecule has 2 fully saturated rings. The first-order valence-electron chi connectivity index (χ1n) is 8.08. The Hall–Kier alpha value is -1.59. The Bertz CT molecular complexity index is 524. The molecule has 2 aliphatic heterocycles. The van der Waals surface area contributed by atoms with Gasteiger partial charge in [-0.1, -0.05) is 0 Å². The minimum absolute atomic E-state index is 0.0609. The van der Waals surface area contributed by atoms with Crippen molar-refractivity contribution in [3.8, 4) is 0 Å². The van der Waals surface area contributed by atoms with Gasteiger partial charge in [0.05, 0.1) is 6.10 Å². The summed E-state index contributed by atoms with van der Waals surface area (Å²) in [6.45, 7) is 7.23. The molecule has 0 radical (unpaired) electrons. The normalized spacial score (nSPS) is 23.5. The molecule has 22 heavy (non-hydrogen) atoms. The molecule has 0 aromatic carbocycles. The first-order chi connectivity index (χ1) is 10.7. The van der Waals surface area contributed by atoms with Gasteiger partial charge >= 0.3 is 0 Å². The van der Waals surface area contributed by atoms with Gasteiger partial charge in [0.15, 0.2) is 0 Å². The van der Waals surface area contributed by atoms with E-state index in [1.807, 2.05) is 24.0 Å². The molecule has 1 amide bonds. The summed E-state index contributed by atoms with van der Waals surface area (Å²) in [6, 6.07) is 3.77. The Labute approximate surface area is 131 Å². The number of hydrogen-bond acceptors (Lipinski definition) is 4. The number of ether oxygens (including phenoxy) is 1. The molecule has 2 saturated heterocycles. The Kier molecular flexibility index (Phi) is 4.95. The molecule has 1 aromatic heterocycles. The first-order valence-corrected chi connectivity index (χ1v) is 8.08. The predicted octanol–water partition coefficient (Wildman–Crippen LogP) is 1.92. The number of hydrogen-bond donors (Lipinski definition) is 0. The largest absolute Gasteiger partial charge is 0.462 e. The van der Waals surface area contributed by atoms with Gasteiger partial charge in [-0.25, -0.2) is 0 Å². The lowest BCUT2D eigenvalue weighted by Gasteiger charge is -2.35. The average Bonchev–Trinajstić information content (AvgIpc) is 3.17. The fourth-order valence-corrected chi connectivity index (χ4v) is 3.03. The topological polar surface area (TPSA) is 45.9 Å². The van der Waals surface area contributed by atoms with Gasteiger partial charge in [0.1, 0.15) is 11.5 Å². The van der Waals surface area contributed by atoms with E-state index in [4.69, 9.17) is 9.15 Å². The molecule has 1 aromatic rings. The van der Waals surface area contributed by atoms with Crippen LogP contribution in [-0.4, -0.2) is 61.1 Å². The summed E-state index contributed by atoms with van der Waals surface area (Å²) in [4.78, 5) is 16.5. The molecule has 3 heterocycles. The third kappa shape index (κ3) is 3.99. The van der Waals surface area contributed by atoms with E-state index < -0.39 is 0 Å². The lowest BCUT2D eigenvalue weighted by Crippen LogP contribution is -2.50. The van der Waals surface area contributed by atoms with Crippen LogP contribution in [-0.2, 0) is 9.53 Å². The smallest absolute Gasteiger partial charge is 0.246 e. The van der Waals surface area contributed by atoms with Gasteiger partial charge in [0.2, 0.25) is 5.91 Å². The van der Waals surface area contributed by atoms with Gasteiger partial charge in [-0.05, 0) is 38.0 Å². The van der Waals surface area contributed by atoms with Crippen LogP contribution in [0.15, 0.2) is 22.6 Å². The zero-order chi connectivity index (χ0) is 15.4. The Morgan fingerprint density at radius 1 is 1.32 bits per heavy atom. The van der Waals surface area contributed by atoms with Crippen LogP contribution in [0.4, 0.5) is 0 Å². The third-order valence-electron chi connectivity index (χ3n) is 4.32. The predicted molar refractivity (Wildman–Crippen MR) is 84.5 cm³/mol. The van der Waals surface area contributed by atoms with Crippen LogP contribution in [0.1, 0.15) is 24.4 Å². The monoisotopic (exact) mass is 304 g/mol. The molecule has 1 unspecified atom stereocenters. The van der Waals surface area contributed by atoms with Crippen LogP contribution in [0.25, 0.3) is 6.08 Å². The summed E-state index contributed by atoms with van der Waals surface area (Å²) in [5.74, 6) is 1.64. The highest BCUT2D eigenvalue weighted by Crippen LogP contribution is 2.15. The minimum Gasteiger partial charge on any atom is -0.462 e. The Morgan fingerprint density at radius 2 is 2.14 bits per heavy atom. The molecule has 0 bridgehead atoms. The Balaban J connectivity index is 1.44. The van der Waals surface area contributed by atoms with E-state index in [0.29, 0.717) is 6.10 Å². The summed E-state index contributed by atoms with van der Waals surface area (Å²) >= 11 is 0. The lowest BCUT2D eigenvalue weighted by molar-refractivity contribution is -0.127. The summed E-state index contributed by atoms with van der Waals surface area (Å²) in [6.07, 6.45) is 6.09. The fraction of sp³-hybridized carbons (Fsp3) is 0.588. The second-order valence-corrected chi connectivity index (χ2v) is 6.04. The van der Waals surface area contributed by atoms with Gasteiger partial charge in [-0.2, -0.15) is 0 Å². The van der Waals surface area contributed by atoms with Crippen LogP contribution in [0, 0.1) is 6.92 Å². The highest BCUT2D eigenvalue weighted by molar-refractivity contribution is 5.91. The molecule has 120 valence electrons. The molecule has 2 aliphatic rings. The number of amides is 1. The second kappa shape index (κ2) is 7.11.